The van der Waals surface area contributed by atoms with Crippen molar-refractivity contribution in [2.24, 2.45) is 5.92 Å². The molecule has 4 rings (SSSR count). The van der Waals surface area contributed by atoms with Crippen molar-refractivity contribution in [3.8, 4) is 0 Å². The van der Waals surface area contributed by atoms with Crippen LogP contribution in [-0.4, -0.2) is 48.6 Å². The molecule has 190 valence electrons. The number of thioether (sulfide) groups is 1. The molecule has 0 unspecified atom stereocenters. The van der Waals surface area contributed by atoms with Gasteiger partial charge in [0.2, 0.25) is 10.0 Å². The summed E-state index contributed by atoms with van der Waals surface area (Å²) >= 11 is 1.53. The summed E-state index contributed by atoms with van der Waals surface area (Å²) in [5.41, 5.74) is 3.06. The summed E-state index contributed by atoms with van der Waals surface area (Å²) in [7, 11) is -3.56. The SMILES string of the molecule is CCOCCCn1c(SCc2ccc(C)c(F)c2)nc2cc(S(=O)(=O)N3CCC[C@H](C)C3)ccc21. The van der Waals surface area contributed by atoms with E-state index in [1.54, 1.807) is 35.5 Å². The number of sulfonamides is 1. The van der Waals surface area contributed by atoms with Gasteiger partial charge in [-0.1, -0.05) is 30.8 Å². The topological polar surface area (TPSA) is 64.4 Å². The zero-order chi connectivity index (χ0) is 25.0. The van der Waals surface area contributed by atoms with Crippen molar-refractivity contribution in [2.75, 3.05) is 26.3 Å². The van der Waals surface area contributed by atoms with E-state index in [0.29, 0.717) is 55.6 Å². The molecular weight excluding hydrogens is 485 g/mol. The zero-order valence-corrected chi connectivity index (χ0v) is 22.3. The minimum Gasteiger partial charge on any atom is -0.382 e. The number of hydrogen-bond donors (Lipinski definition) is 0. The maximum atomic E-state index is 14.0. The summed E-state index contributed by atoms with van der Waals surface area (Å²) in [5, 5.41) is 0.790. The van der Waals surface area contributed by atoms with Gasteiger partial charge in [-0.25, -0.2) is 17.8 Å². The molecule has 3 aromatic rings. The molecule has 0 spiro atoms. The van der Waals surface area contributed by atoms with E-state index in [9.17, 15) is 12.8 Å². The maximum absolute atomic E-state index is 14.0. The first-order valence-electron chi connectivity index (χ1n) is 12.3. The molecule has 0 radical (unpaired) electrons. The highest BCUT2D eigenvalue weighted by Gasteiger charge is 2.29. The van der Waals surface area contributed by atoms with Crippen molar-refractivity contribution >= 4 is 32.8 Å². The number of rotatable bonds is 10. The summed E-state index contributed by atoms with van der Waals surface area (Å²) in [6.07, 6.45) is 2.76. The first-order valence-corrected chi connectivity index (χ1v) is 14.7. The Hall–Kier alpha value is -1.94. The zero-order valence-electron chi connectivity index (χ0n) is 20.7. The summed E-state index contributed by atoms with van der Waals surface area (Å²) in [6, 6.07) is 10.5. The average Bonchev–Trinajstić information content (AvgIpc) is 3.19. The number of aryl methyl sites for hydroxylation is 2. The Kier molecular flexibility index (Phi) is 8.52. The fraction of sp³-hybridized carbons (Fsp3) is 0.500. The highest BCUT2D eigenvalue weighted by Crippen LogP contribution is 2.31. The number of fused-ring (bicyclic) bond motifs is 1. The Labute approximate surface area is 211 Å². The third-order valence-electron chi connectivity index (χ3n) is 6.42. The van der Waals surface area contributed by atoms with E-state index in [4.69, 9.17) is 9.72 Å². The van der Waals surface area contributed by atoms with E-state index in [-0.39, 0.29) is 10.7 Å². The van der Waals surface area contributed by atoms with Gasteiger partial charge in [0.1, 0.15) is 5.82 Å². The van der Waals surface area contributed by atoms with Crippen LogP contribution in [0.4, 0.5) is 4.39 Å². The smallest absolute Gasteiger partial charge is 0.243 e. The molecule has 9 heteroatoms. The minimum atomic E-state index is -3.56. The number of aromatic nitrogens is 2. The van der Waals surface area contributed by atoms with Gasteiger partial charge in [-0.3, -0.25) is 0 Å². The van der Waals surface area contributed by atoms with Gasteiger partial charge in [-0.15, -0.1) is 0 Å². The van der Waals surface area contributed by atoms with Crippen LogP contribution in [0.2, 0.25) is 0 Å². The van der Waals surface area contributed by atoms with Gasteiger partial charge in [-0.05, 0) is 74.4 Å². The summed E-state index contributed by atoms with van der Waals surface area (Å²) < 4.78 is 49.9. The van der Waals surface area contributed by atoms with Gasteiger partial charge < -0.3 is 9.30 Å². The standard InChI is InChI=1S/C26H34FN3O3S2/c1-4-33-14-6-13-30-25-11-10-22(35(31,32)29-12-5-7-19(2)17-29)16-24(25)28-26(30)34-18-21-9-8-20(3)23(27)15-21/h8-11,15-16,19H,4-7,12-14,17-18H2,1-3H3/t19-/m0/s1. The van der Waals surface area contributed by atoms with Crippen LogP contribution >= 0.6 is 11.8 Å². The molecule has 0 aliphatic carbocycles. The van der Waals surface area contributed by atoms with Gasteiger partial charge in [0.25, 0.3) is 0 Å². The van der Waals surface area contributed by atoms with Crippen molar-refractivity contribution in [3.63, 3.8) is 0 Å². The quantitative estimate of drug-likeness (QED) is 0.257. The van der Waals surface area contributed by atoms with Crippen molar-refractivity contribution in [2.45, 2.75) is 62.4 Å². The van der Waals surface area contributed by atoms with Crippen molar-refractivity contribution < 1.29 is 17.5 Å². The van der Waals surface area contributed by atoms with Crippen LogP contribution in [-0.2, 0) is 27.1 Å². The Morgan fingerprint density at radius 2 is 2.06 bits per heavy atom. The monoisotopic (exact) mass is 519 g/mol. The first-order chi connectivity index (χ1) is 16.8. The molecular formula is C26H34FN3O3S2. The molecule has 1 aromatic heterocycles. The highest BCUT2D eigenvalue weighted by molar-refractivity contribution is 7.98. The van der Waals surface area contributed by atoms with Gasteiger partial charge in [0.15, 0.2) is 5.16 Å². The van der Waals surface area contributed by atoms with Crippen LogP contribution in [0.5, 0.6) is 0 Å². The molecule has 2 heterocycles. The fourth-order valence-electron chi connectivity index (χ4n) is 4.43. The number of imidazole rings is 1. The second-order valence-corrected chi connectivity index (χ2v) is 12.1. The predicted octanol–water partition coefficient (Wildman–Crippen LogP) is 5.62. The maximum Gasteiger partial charge on any atom is 0.243 e. The van der Waals surface area contributed by atoms with Gasteiger partial charge >= 0.3 is 0 Å². The minimum absolute atomic E-state index is 0.213. The third kappa shape index (κ3) is 6.07. The number of piperidine rings is 1. The Morgan fingerprint density at radius 3 is 2.80 bits per heavy atom. The van der Waals surface area contributed by atoms with Crippen molar-refractivity contribution in [1.29, 1.82) is 0 Å². The summed E-state index contributed by atoms with van der Waals surface area (Å²) in [5.74, 6) is 0.722. The van der Waals surface area contributed by atoms with E-state index in [1.807, 2.05) is 19.1 Å². The van der Waals surface area contributed by atoms with Crippen LogP contribution in [0.25, 0.3) is 11.0 Å². The molecule has 1 aliphatic heterocycles. The predicted molar refractivity (Wildman–Crippen MR) is 139 cm³/mol. The molecule has 0 N–H and O–H groups in total. The largest absolute Gasteiger partial charge is 0.382 e. The van der Waals surface area contributed by atoms with Crippen LogP contribution in [0.3, 0.4) is 0 Å². The van der Waals surface area contributed by atoms with Crippen LogP contribution in [0, 0.1) is 18.7 Å². The van der Waals surface area contributed by atoms with E-state index in [1.165, 1.54) is 11.8 Å². The first kappa shape index (κ1) is 26.1. The summed E-state index contributed by atoms with van der Waals surface area (Å²) in [6.45, 7) is 8.95. The number of ether oxygens (including phenoxy) is 1. The Balaban J connectivity index is 1.63. The molecule has 1 fully saturated rings. The Bertz CT molecular complexity index is 1280. The van der Waals surface area contributed by atoms with Crippen LogP contribution in [0.15, 0.2) is 46.5 Å². The molecule has 0 amide bonds. The van der Waals surface area contributed by atoms with E-state index in [0.717, 1.165) is 35.5 Å². The number of hydrogen-bond acceptors (Lipinski definition) is 5. The van der Waals surface area contributed by atoms with Gasteiger partial charge in [0.05, 0.1) is 15.9 Å². The average molecular weight is 520 g/mol. The molecule has 0 bridgehead atoms. The van der Waals surface area contributed by atoms with Crippen molar-refractivity contribution in [3.05, 3.63) is 53.3 Å². The molecule has 1 atom stereocenters. The molecule has 2 aromatic carbocycles. The lowest BCUT2D eigenvalue weighted by Crippen LogP contribution is -2.39. The van der Waals surface area contributed by atoms with E-state index in [2.05, 4.69) is 11.5 Å². The normalized spacial score (nSPS) is 17.3. The molecule has 6 nitrogen and oxygen atoms in total. The third-order valence-corrected chi connectivity index (χ3v) is 9.33. The number of nitrogens with zero attached hydrogens (tertiary/aromatic N) is 3. The lowest BCUT2D eigenvalue weighted by molar-refractivity contribution is 0.141. The van der Waals surface area contributed by atoms with Crippen LogP contribution in [0.1, 0.15) is 44.2 Å². The molecule has 1 saturated heterocycles. The van der Waals surface area contributed by atoms with Crippen LogP contribution < -0.4 is 0 Å². The fourth-order valence-corrected chi connectivity index (χ4v) is 7.03. The Morgan fingerprint density at radius 1 is 1.23 bits per heavy atom. The second-order valence-electron chi connectivity index (χ2n) is 9.23. The van der Waals surface area contributed by atoms with E-state index < -0.39 is 10.0 Å². The molecule has 1 aliphatic rings. The second kappa shape index (κ2) is 11.4. The summed E-state index contributed by atoms with van der Waals surface area (Å²) in [4.78, 5) is 5.10. The molecule has 35 heavy (non-hydrogen) atoms. The van der Waals surface area contributed by atoms with Gasteiger partial charge in [0, 0.05) is 38.6 Å². The van der Waals surface area contributed by atoms with Crippen molar-refractivity contribution in [1.82, 2.24) is 13.9 Å². The number of benzene rings is 2. The highest BCUT2D eigenvalue weighted by atomic mass is 32.2. The van der Waals surface area contributed by atoms with E-state index >= 15 is 0 Å². The number of halogens is 1. The lowest BCUT2D eigenvalue weighted by atomic mass is 10.0. The van der Waals surface area contributed by atoms with Gasteiger partial charge in [-0.2, -0.15) is 4.31 Å². The molecule has 0 saturated carbocycles. The lowest BCUT2D eigenvalue weighted by Gasteiger charge is -2.30.